The number of ether oxygens (including phenoxy) is 1. The largest absolute Gasteiger partial charge is 0.378 e. The maximum Gasteiger partial charge on any atom is 0.272 e. The van der Waals surface area contributed by atoms with Crippen molar-refractivity contribution in [2.24, 2.45) is 5.92 Å². The summed E-state index contributed by atoms with van der Waals surface area (Å²) < 4.78 is 5.31. The van der Waals surface area contributed by atoms with Gasteiger partial charge in [0.05, 0.1) is 13.2 Å². The number of aromatic nitrogens is 2. The summed E-state index contributed by atoms with van der Waals surface area (Å²) in [5.74, 6) is 2.20. The number of rotatable bonds is 2. The molecular formula is C16H24N4O2. The zero-order valence-corrected chi connectivity index (χ0v) is 13.4. The van der Waals surface area contributed by atoms with E-state index in [4.69, 9.17) is 4.74 Å². The van der Waals surface area contributed by atoms with Gasteiger partial charge in [0.1, 0.15) is 17.3 Å². The summed E-state index contributed by atoms with van der Waals surface area (Å²) in [5.41, 5.74) is 0.502. The minimum Gasteiger partial charge on any atom is -0.378 e. The molecule has 6 heteroatoms. The Kier molecular flexibility index (Phi) is 4.57. The molecule has 22 heavy (non-hydrogen) atoms. The fraction of sp³-hybridized carbons (Fsp3) is 0.688. The molecule has 1 atom stereocenters. The standard InChI is InChI=1S/C16H24N4O2/c1-12-4-3-5-20(11-12)15-10-14(17-13(2)18-15)16(21)19-6-8-22-9-7-19/h10,12H,3-9,11H2,1-2H3/t12-/m1/s1. The first-order valence-corrected chi connectivity index (χ1v) is 8.11. The molecule has 0 aliphatic carbocycles. The van der Waals surface area contributed by atoms with E-state index in [1.807, 2.05) is 17.9 Å². The van der Waals surface area contributed by atoms with Gasteiger partial charge >= 0.3 is 0 Å². The topological polar surface area (TPSA) is 58.6 Å². The highest BCUT2D eigenvalue weighted by atomic mass is 16.5. The van der Waals surface area contributed by atoms with Gasteiger partial charge in [0.15, 0.2) is 0 Å². The summed E-state index contributed by atoms with van der Waals surface area (Å²) >= 11 is 0. The van der Waals surface area contributed by atoms with Crippen molar-refractivity contribution in [1.29, 1.82) is 0 Å². The van der Waals surface area contributed by atoms with Crippen molar-refractivity contribution in [2.75, 3.05) is 44.3 Å². The number of aryl methyl sites for hydroxylation is 1. The van der Waals surface area contributed by atoms with Crippen molar-refractivity contribution in [3.63, 3.8) is 0 Å². The average molecular weight is 304 g/mol. The van der Waals surface area contributed by atoms with Crippen LogP contribution >= 0.6 is 0 Å². The number of amides is 1. The monoisotopic (exact) mass is 304 g/mol. The van der Waals surface area contributed by atoms with E-state index in [0.717, 1.165) is 18.9 Å². The second-order valence-electron chi connectivity index (χ2n) is 6.26. The van der Waals surface area contributed by atoms with Crippen LogP contribution < -0.4 is 4.90 Å². The first kappa shape index (κ1) is 15.2. The van der Waals surface area contributed by atoms with Crippen LogP contribution in [0.2, 0.25) is 0 Å². The van der Waals surface area contributed by atoms with Crippen LogP contribution in [0.5, 0.6) is 0 Å². The van der Waals surface area contributed by atoms with Crippen LogP contribution in [0.15, 0.2) is 6.07 Å². The molecule has 0 bridgehead atoms. The van der Waals surface area contributed by atoms with Crippen molar-refractivity contribution in [3.05, 3.63) is 17.6 Å². The molecule has 0 aromatic carbocycles. The third-order valence-corrected chi connectivity index (χ3v) is 4.32. The van der Waals surface area contributed by atoms with Gasteiger partial charge in [-0.15, -0.1) is 0 Å². The molecule has 2 aliphatic heterocycles. The van der Waals surface area contributed by atoms with Gasteiger partial charge in [0, 0.05) is 32.2 Å². The van der Waals surface area contributed by atoms with E-state index in [9.17, 15) is 4.79 Å². The highest BCUT2D eigenvalue weighted by Crippen LogP contribution is 2.22. The average Bonchev–Trinajstić information content (AvgIpc) is 2.54. The third kappa shape index (κ3) is 3.38. The van der Waals surface area contributed by atoms with Crippen LogP contribution in [0.25, 0.3) is 0 Å². The first-order chi connectivity index (χ1) is 10.6. The van der Waals surface area contributed by atoms with Gasteiger partial charge in [-0.1, -0.05) is 6.92 Å². The van der Waals surface area contributed by atoms with E-state index in [-0.39, 0.29) is 5.91 Å². The molecule has 1 aromatic rings. The number of carbonyl (C=O) groups excluding carboxylic acids is 1. The van der Waals surface area contributed by atoms with Crippen LogP contribution in [-0.2, 0) is 4.74 Å². The highest BCUT2D eigenvalue weighted by Gasteiger charge is 2.23. The van der Waals surface area contributed by atoms with Crippen LogP contribution in [0.4, 0.5) is 5.82 Å². The Bertz CT molecular complexity index is 543. The first-order valence-electron chi connectivity index (χ1n) is 8.11. The minimum absolute atomic E-state index is 0.0138. The smallest absolute Gasteiger partial charge is 0.272 e. The molecule has 1 amide bonds. The van der Waals surface area contributed by atoms with Gasteiger partial charge in [-0.2, -0.15) is 0 Å². The summed E-state index contributed by atoms with van der Waals surface area (Å²) in [7, 11) is 0. The summed E-state index contributed by atoms with van der Waals surface area (Å²) in [5, 5.41) is 0. The molecule has 2 fully saturated rings. The lowest BCUT2D eigenvalue weighted by Crippen LogP contribution is -2.41. The van der Waals surface area contributed by atoms with Gasteiger partial charge in [-0.25, -0.2) is 9.97 Å². The van der Waals surface area contributed by atoms with Crippen molar-refractivity contribution in [3.8, 4) is 0 Å². The van der Waals surface area contributed by atoms with Crippen LogP contribution in [-0.4, -0.2) is 60.2 Å². The third-order valence-electron chi connectivity index (χ3n) is 4.32. The molecule has 2 saturated heterocycles. The second-order valence-corrected chi connectivity index (χ2v) is 6.26. The maximum absolute atomic E-state index is 12.6. The molecule has 120 valence electrons. The Hall–Kier alpha value is -1.69. The van der Waals surface area contributed by atoms with Gasteiger partial charge in [0.2, 0.25) is 0 Å². The number of nitrogens with zero attached hydrogens (tertiary/aromatic N) is 4. The van der Waals surface area contributed by atoms with E-state index in [0.29, 0.717) is 43.7 Å². The van der Waals surface area contributed by atoms with E-state index in [2.05, 4.69) is 21.8 Å². The second kappa shape index (κ2) is 6.60. The van der Waals surface area contributed by atoms with Crippen LogP contribution in [0.1, 0.15) is 36.1 Å². The molecule has 3 heterocycles. The molecule has 0 radical (unpaired) electrons. The van der Waals surface area contributed by atoms with E-state index in [1.165, 1.54) is 12.8 Å². The van der Waals surface area contributed by atoms with Gasteiger partial charge < -0.3 is 14.5 Å². The quantitative estimate of drug-likeness (QED) is 0.828. The van der Waals surface area contributed by atoms with Crippen molar-refractivity contribution < 1.29 is 9.53 Å². The molecule has 0 spiro atoms. The number of anilines is 1. The maximum atomic E-state index is 12.6. The zero-order valence-electron chi connectivity index (χ0n) is 13.4. The zero-order chi connectivity index (χ0) is 15.5. The molecular weight excluding hydrogens is 280 g/mol. The van der Waals surface area contributed by atoms with Crippen molar-refractivity contribution in [1.82, 2.24) is 14.9 Å². The summed E-state index contributed by atoms with van der Waals surface area (Å²) in [6.07, 6.45) is 2.44. The highest BCUT2D eigenvalue weighted by molar-refractivity contribution is 5.93. The Balaban J connectivity index is 1.81. The fourth-order valence-corrected chi connectivity index (χ4v) is 3.15. The number of carbonyl (C=O) groups is 1. The normalized spacial score (nSPS) is 22.7. The lowest BCUT2D eigenvalue weighted by atomic mass is 10.0. The van der Waals surface area contributed by atoms with E-state index in [1.54, 1.807) is 0 Å². The number of piperidine rings is 1. The van der Waals surface area contributed by atoms with Crippen LogP contribution in [0, 0.1) is 12.8 Å². The van der Waals surface area contributed by atoms with Gasteiger partial charge in [-0.05, 0) is 25.7 Å². The Morgan fingerprint density at radius 3 is 2.77 bits per heavy atom. The molecule has 0 saturated carbocycles. The van der Waals surface area contributed by atoms with Crippen molar-refractivity contribution in [2.45, 2.75) is 26.7 Å². The number of morpholine rings is 1. The van der Waals surface area contributed by atoms with E-state index >= 15 is 0 Å². The van der Waals surface area contributed by atoms with Gasteiger partial charge in [0.25, 0.3) is 5.91 Å². The SMILES string of the molecule is Cc1nc(C(=O)N2CCOCC2)cc(N2CCC[C@@H](C)C2)n1. The molecule has 2 aliphatic rings. The Morgan fingerprint density at radius 2 is 2.05 bits per heavy atom. The summed E-state index contributed by atoms with van der Waals surface area (Å²) in [4.78, 5) is 25.6. The van der Waals surface area contributed by atoms with Crippen molar-refractivity contribution >= 4 is 11.7 Å². The summed E-state index contributed by atoms with van der Waals surface area (Å²) in [6.45, 7) is 8.61. The van der Waals surface area contributed by atoms with Gasteiger partial charge in [-0.3, -0.25) is 4.79 Å². The Labute approximate surface area is 131 Å². The Morgan fingerprint density at radius 1 is 1.27 bits per heavy atom. The lowest BCUT2D eigenvalue weighted by Gasteiger charge is -2.32. The summed E-state index contributed by atoms with van der Waals surface area (Å²) in [6, 6.07) is 1.85. The number of hydrogen-bond acceptors (Lipinski definition) is 5. The molecule has 6 nitrogen and oxygen atoms in total. The van der Waals surface area contributed by atoms with E-state index < -0.39 is 0 Å². The lowest BCUT2D eigenvalue weighted by molar-refractivity contribution is 0.0299. The van der Waals surface area contributed by atoms with Crippen LogP contribution in [0.3, 0.4) is 0 Å². The molecule has 0 unspecified atom stereocenters. The molecule has 0 N–H and O–H groups in total. The molecule has 1 aromatic heterocycles. The molecule has 3 rings (SSSR count). The minimum atomic E-state index is -0.0138. The number of hydrogen-bond donors (Lipinski definition) is 0. The predicted molar refractivity (Wildman–Crippen MR) is 84.1 cm³/mol. The fourth-order valence-electron chi connectivity index (χ4n) is 3.15. The predicted octanol–water partition coefficient (Wildman–Crippen LogP) is 1.49.